The molecule has 0 unspecified atom stereocenters. The van der Waals surface area contributed by atoms with Crippen LogP contribution in [0.4, 0.5) is 4.39 Å². The Morgan fingerprint density at radius 1 is 1.32 bits per heavy atom. The highest BCUT2D eigenvalue weighted by Crippen LogP contribution is 2.21. The average Bonchev–Trinajstić information content (AvgIpc) is 3.12. The third-order valence-electron chi connectivity index (χ3n) is 5.15. The van der Waals surface area contributed by atoms with E-state index in [1.807, 2.05) is 0 Å². The molecule has 2 aromatic rings. The standard InChI is InChI=1S/C19H25FN4O3S/c1-3-28(26,27)23-9-6-16(7-10-23)19(25)22-13-15-4-5-18(17(20)12-15)24-11-8-21-14(24)2/h4-5,8,11-12,16H,3,6-7,9-10,13H2,1-2H3,(H,22,25). The average molecular weight is 408 g/mol. The van der Waals surface area contributed by atoms with E-state index in [1.54, 1.807) is 42.9 Å². The zero-order chi connectivity index (χ0) is 20.3. The molecule has 3 rings (SSSR count). The fourth-order valence-corrected chi connectivity index (χ4v) is 4.53. The van der Waals surface area contributed by atoms with Gasteiger partial charge in [-0.3, -0.25) is 4.79 Å². The van der Waals surface area contributed by atoms with Gasteiger partial charge in [-0.15, -0.1) is 0 Å². The minimum Gasteiger partial charge on any atom is -0.352 e. The van der Waals surface area contributed by atoms with Crippen LogP contribution in [-0.2, 0) is 21.4 Å². The summed E-state index contributed by atoms with van der Waals surface area (Å²) in [5.41, 5.74) is 1.08. The van der Waals surface area contributed by atoms with Crippen LogP contribution in [0.1, 0.15) is 31.2 Å². The molecule has 2 heterocycles. The summed E-state index contributed by atoms with van der Waals surface area (Å²) < 4.78 is 41.3. The maximum Gasteiger partial charge on any atom is 0.223 e. The SMILES string of the molecule is CCS(=O)(=O)N1CCC(C(=O)NCc2ccc(-n3ccnc3C)c(F)c2)CC1. The van der Waals surface area contributed by atoms with E-state index < -0.39 is 10.0 Å². The lowest BCUT2D eigenvalue weighted by atomic mass is 9.97. The number of rotatable bonds is 6. The molecule has 0 bridgehead atoms. The normalized spacial score (nSPS) is 16.2. The summed E-state index contributed by atoms with van der Waals surface area (Å²) in [4.78, 5) is 16.5. The first-order chi connectivity index (χ1) is 13.3. The topological polar surface area (TPSA) is 84.3 Å². The number of hydrogen-bond donors (Lipinski definition) is 1. The molecule has 0 atom stereocenters. The number of amides is 1. The Morgan fingerprint density at radius 2 is 2.04 bits per heavy atom. The second-order valence-electron chi connectivity index (χ2n) is 6.92. The van der Waals surface area contributed by atoms with Gasteiger partial charge in [0.05, 0.1) is 11.4 Å². The molecule has 28 heavy (non-hydrogen) atoms. The fourth-order valence-electron chi connectivity index (χ4n) is 3.40. The quantitative estimate of drug-likeness (QED) is 0.792. The minimum atomic E-state index is -3.20. The summed E-state index contributed by atoms with van der Waals surface area (Å²) in [5, 5.41) is 2.84. The fraction of sp³-hybridized carbons (Fsp3) is 0.474. The molecular formula is C19H25FN4O3S. The molecule has 0 aliphatic carbocycles. The molecule has 1 aliphatic heterocycles. The molecule has 0 spiro atoms. The van der Waals surface area contributed by atoms with Gasteiger partial charge in [-0.05, 0) is 44.4 Å². The predicted molar refractivity (Wildman–Crippen MR) is 104 cm³/mol. The third kappa shape index (κ3) is 4.41. The highest BCUT2D eigenvalue weighted by molar-refractivity contribution is 7.89. The van der Waals surface area contributed by atoms with Crippen LogP contribution < -0.4 is 5.32 Å². The second-order valence-corrected chi connectivity index (χ2v) is 9.18. The van der Waals surface area contributed by atoms with Crippen LogP contribution in [0.3, 0.4) is 0 Å². The van der Waals surface area contributed by atoms with Crippen LogP contribution >= 0.6 is 0 Å². The highest BCUT2D eigenvalue weighted by atomic mass is 32.2. The van der Waals surface area contributed by atoms with E-state index in [-0.39, 0.29) is 29.9 Å². The van der Waals surface area contributed by atoms with Gasteiger partial charge in [0.15, 0.2) is 0 Å². The molecule has 9 heteroatoms. The van der Waals surface area contributed by atoms with Gasteiger partial charge >= 0.3 is 0 Å². The van der Waals surface area contributed by atoms with Crippen molar-refractivity contribution in [3.05, 3.63) is 47.8 Å². The summed E-state index contributed by atoms with van der Waals surface area (Å²) in [5.74, 6) is 0.0381. The number of aromatic nitrogens is 2. The van der Waals surface area contributed by atoms with E-state index in [1.165, 1.54) is 10.4 Å². The van der Waals surface area contributed by atoms with E-state index >= 15 is 0 Å². The molecule has 1 aromatic carbocycles. The Balaban J connectivity index is 1.55. The van der Waals surface area contributed by atoms with E-state index in [0.717, 1.165) is 0 Å². The number of aryl methyl sites for hydroxylation is 1. The van der Waals surface area contributed by atoms with Crippen LogP contribution in [0.15, 0.2) is 30.6 Å². The summed E-state index contributed by atoms with van der Waals surface area (Å²) in [6.45, 7) is 4.37. The smallest absolute Gasteiger partial charge is 0.223 e. The van der Waals surface area contributed by atoms with Gasteiger partial charge in [0.2, 0.25) is 15.9 Å². The number of sulfonamides is 1. The Kier molecular flexibility index (Phi) is 6.14. The molecule has 7 nitrogen and oxygen atoms in total. The number of carbonyl (C=O) groups excluding carboxylic acids is 1. The maximum absolute atomic E-state index is 14.4. The summed E-state index contributed by atoms with van der Waals surface area (Å²) in [6, 6.07) is 4.85. The van der Waals surface area contributed by atoms with Crippen molar-refractivity contribution in [3.8, 4) is 5.69 Å². The lowest BCUT2D eigenvalue weighted by molar-refractivity contribution is -0.126. The van der Waals surface area contributed by atoms with Crippen molar-refractivity contribution in [2.24, 2.45) is 5.92 Å². The number of carbonyl (C=O) groups is 1. The molecule has 152 valence electrons. The van der Waals surface area contributed by atoms with Crippen molar-refractivity contribution >= 4 is 15.9 Å². The molecule has 1 aromatic heterocycles. The molecule has 1 fully saturated rings. The van der Waals surface area contributed by atoms with Crippen LogP contribution in [0, 0.1) is 18.7 Å². The number of hydrogen-bond acceptors (Lipinski definition) is 4. The Labute approximate surface area is 164 Å². The molecule has 0 radical (unpaired) electrons. The van der Waals surface area contributed by atoms with Crippen molar-refractivity contribution in [1.82, 2.24) is 19.2 Å². The van der Waals surface area contributed by atoms with Crippen LogP contribution in [0.25, 0.3) is 5.69 Å². The summed E-state index contributed by atoms with van der Waals surface area (Å²) >= 11 is 0. The molecule has 1 amide bonds. The lowest BCUT2D eigenvalue weighted by Crippen LogP contribution is -2.43. The number of nitrogens with zero attached hydrogens (tertiary/aromatic N) is 3. The number of nitrogens with one attached hydrogen (secondary N) is 1. The van der Waals surface area contributed by atoms with Crippen molar-refractivity contribution < 1.29 is 17.6 Å². The number of halogens is 1. The van der Waals surface area contributed by atoms with Crippen molar-refractivity contribution in [2.45, 2.75) is 33.2 Å². The Hall–Kier alpha value is -2.26. The van der Waals surface area contributed by atoms with Crippen LogP contribution in [-0.4, -0.2) is 47.0 Å². The Morgan fingerprint density at radius 3 is 2.61 bits per heavy atom. The van der Waals surface area contributed by atoms with E-state index in [4.69, 9.17) is 0 Å². The number of benzene rings is 1. The van der Waals surface area contributed by atoms with Gasteiger partial charge in [-0.1, -0.05) is 6.07 Å². The molecule has 0 saturated carbocycles. The monoisotopic (exact) mass is 408 g/mol. The molecule has 1 aliphatic rings. The first-order valence-electron chi connectivity index (χ1n) is 9.36. The number of imidazole rings is 1. The van der Waals surface area contributed by atoms with Gasteiger partial charge in [-0.2, -0.15) is 0 Å². The molecule has 1 saturated heterocycles. The van der Waals surface area contributed by atoms with Gasteiger partial charge < -0.3 is 9.88 Å². The minimum absolute atomic E-state index is 0.0734. The molecule has 1 N–H and O–H groups in total. The largest absolute Gasteiger partial charge is 0.352 e. The summed E-state index contributed by atoms with van der Waals surface area (Å²) in [6.07, 6.45) is 4.30. The Bertz CT molecular complexity index is 950. The van der Waals surface area contributed by atoms with Crippen molar-refractivity contribution in [3.63, 3.8) is 0 Å². The lowest BCUT2D eigenvalue weighted by Gasteiger charge is -2.30. The van der Waals surface area contributed by atoms with Crippen molar-refractivity contribution in [1.29, 1.82) is 0 Å². The third-order valence-corrected chi connectivity index (χ3v) is 7.03. The highest BCUT2D eigenvalue weighted by Gasteiger charge is 2.30. The van der Waals surface area contributed by atoms with E-state index in [2.05, 4.69) is 10.3 Å². The van der Waals surface area contributed by atoms with Gasteiger partial charge in [0.25, 0.3) is 0 Å². The zero-order valence-electron chi connectivity index (χ0n) is 16.1. The van der Waals surface area contributed by atoms with Crippen LogP contribution in [0.5, 0.6) is 0 Å². The maximum atomic E-state index is 14.4. The van der Waals surface area contributed by atoms with Gasteiger partial charge in [0, 0.05) is 37.9 Å². The molecular weight excluding hydrogens is 383 g/mol. The van der Waals surface area contributed by atoms with Gasteiger partial charge in [0.1, 0.15) is 11.6 Å². The van der Waals surface area contributed by atoms with Crippen molar-refractivity contribution in [2.75, 3.05) is 18.8 Å². The van der Waals surface area contributed by atoms with Crippen LogP contribution in [0.2, 0.25) is 0 Å². The van der Waals surface area contributed by atoms with Gasteiger partial charge in [-0.25, -0.2) is 22.1 Å². The van der Waals surface area contributed by atoms with E-state index in [0.29, 0.717) is 43.0 Å². The predicted octanol–water partition coefficient (Wildman–Crippen LogP) is 2.00. The second kappa shape index (κ2) is 8.40. The zero-order valence-corrected chi connectivity index (χ0v) is 16.9. The number of piperidine rings is 1. The first kappa shape index (κ1) is 20.5. The summed E-state index contributed by atoms with van der Waals surface area (Å²) in [7, 11) is -3.20. The first-order valence-corrected chi connectivity index (χ1v) is 11.0. The van der Waals surface area contributed by atoms with E-state index in [9.17, 15) is 17.6 Å².